The second-order valence-corrected chi connectivity index (χ2v) is 6.58. The Labute approximate surface area is 134 Å². The normalized spacial score (nSPS) is 11.3. The van der Waals surface area contributed by atoms with Crippen molar-refractivity contribution in [1.29, 1.82) is 0 Å². The molecule has 2 heterocycles. The van der Waals surface area contributed by atoms with Crippen molar-refractivity contribution in [3.63, 3.8) is 0 Å². The van der Waals surface area contributed by atoms with E-state index in [1.807, 2.05) is 53.1 Å². The molecule has 21 heavy (non-hydrogen) atoms. The molecule has 4 aromatic rings. The molecule has 102 valence electrons. The summed E-state index contributed by atoms with van der Waals surface area (Å²) in [6, 6.07) is 15.4. The molecule has 0 saturated heterocycles. The number of rotatable bonds is 1. The van der Waals surface area contributed by atoms with Gasteiger partial charge in [0.05, 0.1) is 11.0 Å². The lowest BCUT2D eigenvalue weighted by Crippen LogP contribution is -1.96. The molecule has 2 aromatic carbocycles. The minimum Gasteiger partial charge on any atom is -0.274 e. The highest BCUT2D eigenvalue weighted by Gasteiger charge is 2.11. The van der Waals surface area contributed by atoms with Gasteiger partial charge in [0.15, 0.2) is 14.4 Å². The average Bonchev–Trinajstić information content (AvgIpc) is 2.81. The van der Waals surface area contributed by atoms with E-state index in [0.717, 1.165) is 31.2 Å². The summed E-state index contributed by atoms with van der Waals surface area (Å²) in [6.07, 6.45) is 0. The molecular formula is C15H8ClN3S2. The van der Waals surface area contributed by atoms with Gasteiger partial charge in [-0.1, -0.05) is 35.1 Å². The van der Waals surface area contributed by atoms with E-state index in [4.69, 9.17) is 28.8 Å². The Balaban J connectivity index is 2.08. The van der Waals surface area contributed by atoms with E-state index < -0.39 is 0 Å². The van der Waals surface area contributed by atoms with E-state index in [9.17, 15) is 0 Å². The standard InChI is InChI=1S/C15H8ClN3S2/c16-9-5-7-10(8-6-9)19-13-14(21-15(19)20)18-12-4-2-1-3-11(12)17-13/h1-8H. The van der Waals surface area contributed by atoms with Crippen LogP contribution >= 0.6 is 35.2 Å². The first-order valence-electron chi connectivity index (χ1n) is 6.27. The van der Waals surface area contributed by atoms with Crippen LogP contribution in [0.5, 0.6) is 0 Å². The fourth-order valence-corrected chi connectivity index (χ4v) is 3.60. The molecule has 2 aromatic heterocycles. The summed E-state index contributed by atoms with van der Waals surface area (Å²) in [5, 5.41) is 0.696. The lowest BCUT2D eigenvalue weighted by molar-refractivity contribution is 1.09. The van der Waals surface area contributed by atoms with E-state index >= 15 is 0 Å². The minimum atomic E-state index is 0.696. The van der Waals surface area contributed by atoms with Gasteiger partial charge in [-0.15, -0.1) is 0 Å². The van der Waals surface area contributed by atoms with Crippen molar-refractivity contribution in [3.8, 4) is 5.69 Å². The van der Waals surface area contributed by atoms with Gasteiger partial charge in [0.2, 0.25) is 0 Å². The van der Waals surface area contributed by atoms with E-state index in [-0.39, 0.29) is 0 Å². The van der Waals surface area contributed by atoms with Crippen LogP contribution in [0.2, 0.25) is 5.02 Å². The first-order chi connectivity index (χ1) is 10.2. The van der Waals surface area contributed by atoms with Crippen LogP contribution in [0.25, 0.3) is 27.2 Å². The van der Waals surface area contributed by atoms with E-state index in [1.165, 1.54) is 11.3 Å². The first-order valence-corrected chi connectivity index (χ1v) is 7.87. The van der Waals surface area contributed by atoms with Gasteiger partial charge in [-0.05, 0) is 48.6 Å². The summed E-state index contributed by atoms with van der Waals surface area (Å²) >= 11 is 12.9. The maximum absolute atomic E-state index is 5.95. The van der Waals surface area contributed by atoms with Gasteiger partial charge in [0, 0.05) is 10.7 Å². The lowest BCUT2D eigenvalue weighted by atomic mass is 10.3. The van der Waals surface area contributed by atoms with Crippen LogP contribution in [0.15, 0.2) is 48.5 Å². The Morgan fingerprint density at radius 3 is 2.33 bits per heavy atom. The zero-order chi connectivity index (χ0) is 14.4. The maximum atomic E-state index is 5.95. The molecule has 0 spiro atoms. The highest BCUT2D eigenvalue weighted by atomic mass is 35.5. The zero-order valence-corrected chi connectivity index (χ0v) is 13.0. The highest BCUT2D eigenvalue weighted by Crippen LogP contribution is 2.26. The summed E-state index contributed by atoms with van der Waals surface area (Å²) in [5.74, 6) is 0. The Morgan fingerprint density at radius 2 is 1.62 bits per heavy atom. The zero-order valence-electron chi connectivity index (χ0n) is 10.7. The summed E-state index contributed by atoms with van der Waals surface area (Å²) in [5.41, 5.74) is 3.47. The molecule has 3 nitrogen and oxygen atoms in total. The van der Waals surface area contributed by atoms with E-state index in [0.29, 0.717) is 5.02 Å². The molecule has 4 rings (SSSR count). The minimum absolute atomic E-state index is 0.696. The van der Waals surface area contributed by atoms with E-state index in [2.05, 4.69) is 4.98 Å². The molecular weight excluding hydrogens is 322 g/mol. The van der Waals surface area contributed by atoms with Crippen molar-refractivity contribution in [1.82, 2.24) is 14.5 Å². The lowest BCUT2D eigenvalue weighted by Gasteiger charge is -2.04. The van der Waals surface area contributed by atoms with Gasteiger partial charge in [0.1, 0.15) is 0 Å². The topological polar surface area (TPSA) is 30.7 Å². The Morgan fingerprint density at radius 1 is 0.952 bits per heavy atom. The van der Waals surface area contributed by atoms with Crippen LogP contribution in [0.1, 0.15) is 0 Å². The molecule has 0 atom stereocenters. The van der Waals surface area contributed by atoms with Gasteiger partial charge in [-0.3, -0.25) is 4.57 Å². The first kappa shape index (κ1) is 12.9. The van der Waals surface area contributed by atoms with Crippen LogP contribution in [0.3, 0.4) is 0 Å². The molecule has 0 fully saturated rings. The predicted molar refractivity (Wildman–Crippen MR) is 90.1 cm³/mol. The molecule has 0 aliphatic rings. The number of aromatic nitrogens is 3. The Hall–Kier alpha value is -1.82. The third kappa shape index (κ3) is 2.14. The number of halogens is 1. The highest BCUT2D eigenvalue weighted by molar-refractivity contribution is 7.73. The summed E-state index contributed by atoms with van der Waals surface area (Å²) in [6.45, 7) is 0. The quantitative estimate of drug-likeness (QED) is 0.459. The third-order valence-corrected chi connectivity index (χ3v) is 4.69. The number of nitrogens with zero attached hydrogens (tertiary/aromatic N) is 3. The van der Waals surface area contributed by atoms with Crippen LogP contribution in [-0.4, -0.2) is 14.5 Å². The van der Waals surface area contributed by atoms with Gasteiger partial charge < -0.3 is 0 Å². The number of para-hydroxylation sites is 2. The summed E-state index contributed by atoms with van der Waals surface area (Å²) in [7, 11) is 0. The molecule has 0 N–H and O–H groups in total. The van der Waals surface area contributed by atoms with E-state index in [1.54, 1.807) is 0 Å². The van der Waals surface area contributed by atoms with Crippen molar-refractivity contribution in [2.45, 2.75) is 0 Å². The van der Waals surface area contributed by atoms with Gasteiger partial charge in [-0.25, -0.2) is 9.97 Å². The Bertz CT molecular complexity index is 1020. The smallest absolute Gasteiger partial charge is 0.176 e. The van der Waals surface area contributed by atoms with Crippen LogP contribution < -0.4 is 0 Å². The molecule has 0 saturated carbocycles. The van der Waals surface area contributed by atoms with Crippen molar-refractivity contribution >= 4 is 56.7 Å². The number of fused-ring (bicyclic) bond motifs is 2. The molecule has 0 radical (unpaired) electrons. The number of thiazole rings is 1. The molecule has 0 aliphatic carbocycles. The van der Waals surface area contributed by atoms with Crippen molar-refractivity contribution in [2.24, 2.45) is 0 Å². The van der Waals surface area contributed by atoms with Crippen molar-refractivity contribution in [3.05, 3.63) is 57.5 Å². The SMILES string of the molecule is S=c1sc2nc3ccccc3nc2n1-c1ccc(Cl)cc1. The Kier molecular flexibility index (Phi) is 2.99. The van der Waals surface area contributed by atoms with Gasteiger partial charge in [-0.2, -0.15) is 0 Å². The fourth-order valence-electron chi connectivity index (χ4n) is 2.22. The largest absolute Gasteiger partial charge is 0.274 e. The monoisotopic (exact) mass is 329 g/mol. The molecule has 0 bridgehead atoms. The van der Waals surface area contributed by atoms with Crippen LogP contribution in [0, 0.1) is 3.95 Å². The average molecular weight is 330 g/mol. The molecule has 0 amide bonds. The summed E-state index contributed by atoms with van der Waals surface area (Å²) < 4.78 is 2.66. The van der Waals surface area contributed by atoms with Crippen molar-refractivity contribution < 1.29 is 0 Å². The van der Waals surface area contributed by atoms with Gasteiger partial charge in [0.25, 0.3) is 0 Å². The third-order valence-electron chi connectivity index (χ3n) is 3.18. The fraction of sp³-hybridized carbons (Fsp3) is 0. The van der Waals surface area contributed by atoms with Gasteiger partial charge >= 0.3 is 0 Å². The maximum Gasteiger partial charge on any atom is 0.176 e. The number of benzene rings is 2. The predicted octanol–water partition coefficient (Wildman–Crippen LogP) is 5.02. The second kappa shape index (κ2) is 4.87. The van der Waals surface area contributed by atoms with Crippen LogP contribution in [-0.2, 0) is 0 Å². The molecule has 0 aliphatic heterocycles. The van der Waals surface area contributed by atoms with Crippen LogP contribution in [0.4, 0.5) is 0 Å². The number of hydrogen-bond acceptors (Lipinski definition) is 4. The molecule has 0 unspecified atom stereocenters. The number of hydrogen-bond donors (Lipinski definition) is 0. The summed E-state index contributed by atoms with van der Waals surface area (Å²) in [4.78, 5) is 10.2. The second-order valence-electron chi connectivity index (χ2n) is 4.52. The molecule has 6 heteroatoms. The van der Waals surface area contributed by atoms with Crippen molar-refractivity contribution in [2.75, 3.05) is 0 Å².